The monoisotopic (exact) mass is 156 g/mol. The molecule has 2 fully saturated rings. The van der Waals surface area contributed by atoms with Crippen molar-refractivity contribution >= 4 is 0 Å². The third-order valence-electron chi connectivity index (χ3n) is 2.74. The van der Waals surface area contributed by atoms with Crippen LogP contribution in [0, 0.1) is 0 Å². The van der Waals surface area contributed by atoms with E-state index in [-0.39, 0.29) is 5.54 Å². The summed E-state index contributed by atoms with van der Waals surface area (Å²) >= 11 is 0. The van der Waals surface area contributed by atoms with Gasteiger partial charge in [0.2, 0.25) is 0 Å². The summed E-state index contributed by atoms with van der Waals surface area (Å²) in [5.74, 6) is 0. The molecule has 0 aromatic heterocycles. The smallest absolute Gasteiger partial charge is 0.0661 e. The van der Waals surface area contributed by atoms with Gasteiger partial charge in [0.15, 0.2) is 0 Å². The molecule has 2 heterocycles. The van der Waals surface area contributed by atoms with Crippen LogP contribution in [0.25, 0.3) is 0 Å². The Morgan fingerprint density at radius 3 is 3.27 bits per heavy atom. The van der Waals surface area contributed by atoms with Crippen LogP contribution >= 0.6 is 0 Å². The van der Waals surface area contributed by atoms with Gasteiger partial charge in [-0.3, -0.25) is 0 Å². The van der Waals surface area contributed by atoms with Crippen LogP contribution in [0.3, 0.4) is 0 Å². The fourth-order valence-electron chi connectivity index (χ4n) is 1.94. The number of hydrogen-bond donors (Lipinski definition) is 2. The Morgan fingerprint density at radius 1 is 1.64 bits per heavy atom. The maximum atomic E-state index is 5.53. The van der Waals surface area contributed by atoms with Crippen LogP contribution in [0.15, 0.2) is 0 Å². The van der Waals surface area contributed by atoms with Gasteiger partial charge >= 0.3 is 0 Å². The van der Waals surface area contributed by atoms with E-state index in [0.29, 0.717) is 6.04 Å². The third kappa shape index (κ3) is 1.28. The number of morpholine rings is 1. The normalized spacial score (nSPS) is 43.9. The van der Waals surface area contributed by atoms with E-state index >= 15 is 0 Å². The second-order valence-corrected chi connectivity index (χ2v) is 3.62. The maximum Gasteiger partial charge on any atom is 0.0661 e. The lowest BCUT2D eigenvalue weighted by molar-refractivity contribution is -0.0195. The van der Waals surface area contributed by atoms with Gasteiger partial charge in [-0.25, -0.2) is 0 Å². The first-order valence-corrected chi connectivity index (χ1v) is 4.41. The van der Waals surface area contributed by atoms with Crippen LogP contribution in [0.4, 0.5) is 0 Å². The minimum atomic E-state index is 0.237. The highest BCUT2D eigenvalue weighted by Gasteiger charge is 2.37. The molecular weight excluding hydrogens is 140 g/mol. The number of piperazine rings is 1. The van der Waals surface area contributed by atoms with Crippen molar-refractivity contribution in [3.05, 3.63) is 0 Å². The molecular formula is C8H16N2O. The molecule has 0 saturated carbocycles. The van der Waals surface area contributed by atoms with E-state index in [1.54, 1.807) is 0 Å². The van der Waals surface area contributed by atoms with E-state index in [2.05, 4.69) is 17.6 Å². The molecule has 0 spiro atoms. The summed E-state index contributed by atoms with van der Waals surface area (Å²) in [6.45, 7) is 6.06. The molecule has 0 aromatic carbocycles. The topological polar surface area (TPSA) is 33.3 Å². The Balaban J connectivity index is 2.07. The Hall–Kier alpha value is -0.120. The summed E-state index contributed by atoms with van der Waals surface area (Å²) in [5.41, 5.74) is 0.237. The van der Waals surface area contributed by atoms with E-state index in [4.69, 9.17) is 4.74 Å². The van der Waals surface area contributed by atoms with Crippen LogP contribution < -0.4 is 10.6 Å². The van der Waals surface area contributed by atoms with Gasteiger partial charge in [0.05, 0.1) is 18.8 Å². The zero-order valence-corrected chi connectivity index (χ0v) is 7.02. The number of ether oxygens (including phenoxy) is 1. The zero-order valence-electron chi connectivity index (χ0n) is 7.02. The van der Waals surface area contributed by atoms with Crippen LogP contribution in [0.1, 0.15) is 13.3 Å². The largest absolute Gasteiger partial charge is 0.378 e. The van der Waals surface area contributed by atoms with Crippen molar-refractivity contribution in [2.45, 2.75) is 24.9 Å². The van der Waals surface area contributed by atoms with Gasteiger partial charge in [-0.1, -0.05) is 6.92 Å². The molecule has 2 aliphatic rings. The van der Waals surface area contributed by atoms with Gasteiger partial charge in [-0.05, 0) is 6.42 Å². The zero-order chi connectivity index (χ0) is 7.73. The summed E-state index contributed by atoms with van der Waals surface area (Å²) in [6.07, 6.45) is 1.15. The van der Waals surface area contributed by atoms with Crippen molar-refractivity contribution in [3.63, 3.8) is 0 Å². The molecule has 2 aliphatic heterocycles. The van der Waals surface area contributed by atoms with E-state index < -0.39 is 0 Å². The fraction of sp³-hybridized carbons (Fsp3) is 1.00. The van der Waals surface area contributed by atoms with Gasteiger partial charge in [0.25, 0.3) is 0 Å². The molecule has 2 atom stereocenters. The van der Waals surface area contributed by atoms with Gasteiger partial charge in [-0.2, -0.15) is 0 Å². The Morgan fingerprint density at radius 2 is 2.55 bits per heavy atom. The Kier molecular flexibility index (Phi) is 1.87. The molecule has 2 rings (SSSR count). The van der Waals surface area contributed by atoms with E-state index in [1.807, 2.05) is 0 Å². The average molecular weight is 156 g/mol. The lowest BCUT2D eigenvalue weighted by Crippen LogP contribution is -2.69. The van der Waals surface area contributed by atoms with E-state index in [1.165, 1.54) is 0 Å². The highest BCUT2D eigenvalue weighted by Crippen LogP contribution is 2.18. The first kappa shape index (κ1) is 7.53. The first-order valence-electron chi connectivity index (χ1n) is 4.41. The van der Waals surface area contributed by atoms with Crippen LogP contribution in [-0.2, 0) is 4.74 Å². The van der Waals surface area contributed by atoms with E-state index in [0.717, 1.165) is 32.7 Å². The highest BCUT2D eigenvalue weighted by atomic mass is 16.5. The molecule has 3 heteroatoms. The molecule has 0 aliphatic carbocycles. The summed E-state index contributed by atoms with van der Waals surface area (Å²) < 4.78 is 5.53. The summed E-state index contributed by atoms with van der Waals surface area (Å²) in [5, 5.41) is 7.06. The van der Waals surface area contributed by atoms with Gasteiger partial charge in [0.1, 0.15) is 0 Å². The van der Waals surface area contributed by atoms with Gasteiger partial charge < -0.3 is 15.4 Å². The SMILES string of the molecule is CCC12CNCC(COC1)N2. The molecule has 2 saturated heterocycles. The Labute approximate surface area is 67.5 Å². The van der Waals surface area contributed by atoms with Crippen molar-refractivity contribution in [1.29, 1.82) is 0 Å². The lowest BCUT2D eigenvalue weighted by atomic mass is 9.91. The summed E-state index contributed by atoms with van der Waals surface area (Å²) in [7, 11) is 0. The molecule has 64 valence electrons. The standard InChI is InChI=1S/C8H16N2O/c1-2-8-5-9-3-7(10-8)4-11-6-8/h7,9-10H,2-6H2,1H3. The van der Waals surface area contributed by atoms with Crippen molar-refractivity contribution in [3.8, 4) is 0 Å². The van der Waals surface area contributed by atoms with Gasteiger partial charge in [-0.15, -0.1) is 0 Å². The van der Waals surface area contributed by atoms with Gasteiger partial charge in [0, 0.05) is 19.1 Å². The molecule has 0 aromatic rings. The minimum absolute atomic E-state index is 0.237. The third-order valence-corrected chi connectivity index (χ3v) is 2.74. The van der Waals surface area contributed by atoms with Crippen molar-refractivity contribution in [2.24, 2.45) is 0 Å². The number of nitrogens with one attached hydrogen (secondary N) is 2. The number of hydrogen-bond acceptors (Lipinski definition) is 3. The molecule has 11 heavy (non-hydrogen) atoms. The second-order valence-electron chi connectivity index (χ2n) is 3.62. The fourth-order valence-corrected chi connectivity index (χ4v) is 1.94. The number of rotatable bonds is 1. The van der Waals surface area contributed by atoms with E-state index in [9.17, 15) is 0 Å². The molecule has 0 radical (unpaired) electrons. The van der Waals surface area contributed by atoms with Crippen LogP contribution in [-0.4, -0.2) is 37.9 Å². The average Bonchev–Trinajstić information content (AvgIpc) is 2.05. The molecule has 2 bridgehead atoms. The minimum Gasteiger partial charge on any atom is -0.378 e. The lowest BCUT2D eigenvalue weighted by Gasteiger charge is -2.46. The van der Waals surface area contributed by atoms with Crippen molar-refractivity contribution < 1.29 is 4.74 Å². The molecule has 2 N–H and O–H groups in total. The van der Waals surface area contributed by atoms with Crippen molar-refractivity contribution in [1.82, 2.24) is 10.6 Å². The second kappa shape index (κ2) is 2.73. The summed E-state index contributed by atoms with van der Waals surface area (Å²) in [4.78, 5) is 0. The van der Waals surface area contributed by atoms with Crippen LogP contribution in [0.2, 0.25) is 0 Å². The molecule has 2 unspecified atom stereocenters. The predicted molar refractivity (Wildman–Crippen MR) is 43.6 cm³/mol. The number of fused-ring (bicyclic) bond motifs is 2. The van der Waals surface area contributed by atoms with Crippen molar-refractivity contribution in [2.75, 3.05) is 26.3 Å². The summed E-state index contributed by atoms with van der Waals surface area (Å²) in [6, 6.07) is 0.539. The molecule has 0 amide bonds. The van der Waals surface area contributed by atoms with Crippen LogP contribution in [0.5, 0.6) is 0 Å². The maximum absolute atomic E-state index is 5.53. The predicted octanol–water partition coefficient (Wildman–Crippen LogP) is -0.273. The molecule has 3 nitrogen and oxygen atoms in total. The first-order chi connectivity index (χ1) is 5.35. The Bertz CT molecular complexity index is 139. The quantitative estimate of drug-likeness (QED) is 0.548. The highest BCUT2D eigenvalue weighted by molar-refractivity contribution is 4.99.